The second-order valence-electron chi connectivity index (χ2n) is 6.98. The van der Waals surface area contributed by atoms with Gasteiger partial charge in [-0.15, -0.1) is 11.3 Å². The molecule has 2 heterocycles. The van der Waals surface area contributed by atoms with E-state index >= 15 is 0 Å². The number of nitrogens with one attached hydrogen (secondary N) is 1. The Morgan fingerprint density at radius 3 is 2.90 bits per heavy atom. The van der Waals surface area contributed by atoms with Gasteiger partial charge in [-0.2, -0.15) is 0 Å². The number of nitrogens with zero attached hydrogens (tertiary/aromatic N) is 1. The van der Waals surface area contributed by atoms with Crippen LogP contribution in [0.2, 0.25) is 0 Å². The van der Waals surface area contributed by atoms with E-state index in [2.05, 4.69) is 10.5 Å². The first-order valence-corrected chi connectivity index (χ1v) is 10.5. The van der Waals surface area contributed by atoms with Crippen molar-refractivity contribution >= 4 is 33.9 Å². The number of fused-ring (bicyclic) bond motifs is 1. The smallest absolute Gasteiger partial charge is 0.341 e. The Kier molecular flexibility index (Phi) is 5.53. The third-order valence-corrected chi connectivity index (χ3v) is 6.27. The van der Waals surface area contributed by atoms with Gasteiger partial charge < -0.3 is 20.0 Å². The molecule has 0 spiro atoms. The summed E-state index contributed by atoms with van der Waals surface area (Å²) < 4.78 is 5.22. The van der Waals surface area contributed by atoms with Crippen LogP contribution >= 0.6 is 11.3 Å². The van der Waals surface area contributed by atoms with Gasteiger partial charge in [-0.25, -0.2) is 4.79 Å². The van der Waals surface area contributed by atoms with E-state index in [1.165, 1.54) is 11.3 Å². The van der Waals surface area contributed by atoms with E-state index in [4.69, 9.17) is 9.57 Å². The number of thiophene rings is 1. The average molecular weight is 414 g/mol. The lowest BCUT2D eigenvalue weighted by atomic mass is 9.95. The minimum atomic E-state index is -0.821. The molecule has 1 atom stereocenters. The van der Waals surface area contributed by atoms with E-state index in [0.29, 0.717) is 21.8 Å². The van der Waals surface area contributed by atoms with E-state index in [1.807, 2.05) is 0 Å². The maximum absolute atomic E-state index is 12.8. The van der Waals surface area contributed by atoms with Crippen LogP contribution in [0.15, 0.2) is 29.4 Å². The van der Waals surface area contributed by atoms with Gasteiger partial charge in [0.25, 0.3) is 5.91 Å². The number of phenolic OH excluding ortho intramolecular Hbond substituents is 1. The zero-order chi connectivity index (χ0) is 20.4. The average Bonchev–Trinajstić information content (AvgIpc) is 3.33. The molecule has 1 aromatic heterocycles. The predicted octanol–water partition coefficient (Wildman–Crippen LogP) is 3.64. The van der Waals surface area contributed by atoms with Gasteiger partial charge in [0.15, 0.2) is 0 Å². The zero-order valence-electron chi connectivity index (χ0n) is 16.1. The second kappa shape index (κ2) is 8.24. The van der Waals surface area contributed by atoms with Gasteiger partial charge in [-0.05, 0) is 50.3 Å². The van der Waals surface area contributed by atoms with Crippen LogP contribution in [0.1, 0.15) is 52.5 Å². The quantitative estimate of drug-likeness (QED) is 0.728. The van der Waals surface area contributed by atoms with Crippen LogP contribution in [-0.2, 0) is 27.2 Å². The summed E-state index contributed by atoms with van der Waals surface area (Å²) in [6, 6.07) is 6.79. The molecule has 4 rings (SSSR count). The summed E-state index contributed by atoms with van der Waals surface area (Å²) in [7, 11) is 0. The Labute approximate surface area is 172 Å². The van der Waals surface area contributed by atoms with E-state index in [-0.39, 0.29) is 24.7 Å². The standard InChI is InChI=1S/C21H22N2O5S/c1-2-27-21(26)18-13-8-4-6-10-17(13)29-20(18)22-19(25)16-11-14(23-28-16)12-7-3-5-9-15(12)24/h3,5,7,9,16,24H,2,4,6,8,10-11H2,1H3,(H,22,25). The number of benzene rings is 1. The summed E-state index contributed by atoms with van der Waals surface area (Å²) in [6.07, 6.45) is 3.24. The number of aryl methyl sites for hydroxylation is 1. The molecule has 2 aliphatic rings. The fourth-order valence-corrected chi connectivity index (χ4v) is 4.94. The van der Waals surface area contributed by atoms with Gasteiger partial charge in [0, 0.05) is 16.9 Å². The van der Waals surface area contributed by atoms with Crippen molar-refractivity contribution in [2.45, 2.75) is 45.1 Å². The number of rotatable bonds is 5. The molecule has 0 bridgehead atoms. The number of aromatic hydroxyl groups is 1. The number of amides is 1. The first kappa shape index (κ1) is 19.4. The third kappa shape index (κ3) is 3.85. The summed E-state index contributed by atoms with van der Waals surface area (Å²) in [5.41, 5.74) is 2.52. The zero-order valence-corrected chi connectivity index (χ0v) is 16.9. The monoisotopic (exact) mass is 414 g/mol. The molecule has 1 aromatic carbocycles. The van der Waals surface area contributed by atoms with Crippen LogP contribution in [0.3, 0.4) is 0 Å². The van der Waals surface area contributed by atoms with Crippen LogP contribution in [0.4, 0.5) is 5.00 Å². The minimum Gasteiger partial charge on any atom is -0.507 e. The first-order chi connectivity index (χ1) is 14.1. The van der Waals surface area contributed by atoms with Crippen molar-refractivity contribution in [1.82, 2.24) is 0 Å². The Balaban J connectivity index is 1.51. The van der Waals surface area contributed by atoms with Crippen molar-refractivity contribution in [3.63, 3.8) is 0 Å². The molecule has 29 heavy (non-hydrogen) atoms. The van der Waals surface area contributed by atoms with E-state index < -0.39 is 12.1 Å². The first-order valence-electron chi connectivity index (χ1n) is 9.72. The normalized spacial score (nSPS) is 17.8. The number of ether oxygens (including phenoxy) is 1. The fourth-order valence-electron chi connectivity index (χ4n) is 3.66. The molecule has 152 valence electrons. The lowest BCUT2D eigenvalue weighted by molar-refractivity contribution is -0.125. The summed E-state index contributed by atoms with van der Waals surface area (Å²) in [5, 5.41) is 17.3. The third-order valence-electron chi connectivity index (χ3n) is 5.06. The summed E-state index contributed by atoms with van der Waals surface area (Å²) in [6.45, 7) is 2.04. The molecule has 1 amide bonds. The van der Waals surface area contributed by atoms with E-state index in [9.17, 15) is 14.7 Å². The minimum absolute atomic E-state index is 0.0893. The molecular weight excluding hydrogens is 392 g/mol. The summed E-state index contributed by atoms with van der Waals surface area (Å²) in [4.78, 5) is 31.8. The molecule has 0 radical (unpaired) electrons. The van der Waals surface area contributed by atoms with Crippen molar-refractivity contribution in [3.8, 4) is 5.75 Å². The molecule has 0 fully saturated rings. The Hall–Kier alpha value is -2.87. The van der Waals surface area contributed by atoms with Gasteiger partial charge in [-0.1, -0.05) is 17.3 Å². The molecule has 1 aliphatic heterocycles. The molecule has 2 N–H and O–H groups in total. The predicted molar refractivity (Wildman–Crippen MR) is 110 cm³/mol. The van der Waals surface area contributed by atoms with Crippen molar-refractivity contribution in [2.24, 2.45) is 5.16 Å². The van der Waals surface area contributed by atoms with Crippen molar-refractivity contribution < 1.29 is 24.3 Å². The molecule has 8 heteroatoms. The Morgan fingerprint density at radius 1 is 1.31 bits per heavy atom. The van der Waals surface area contributed by atoms with Crippen LogP contribution < -0.4 is 5.32 Å². The van der Waals surface area contributed by atoms with Gasteiger partial charge in [0.05, 0.1) is 17.9 Å². The fraction of sp³-hybridized carbons (Fsp3) is 0.381. The van der Waals surface area contributed by atoms with Crippen molar-refractivity contribution in [2.75, 3.05) is 11.9 Å². The lowest BCUT2D eigenvalue weighted by Gasteiger charge is -2.13. The number of esters is 1. The molecule has 1 aliphatic carbocycles. The van der Waals surface area contributed by atoms with Gasteiger partial charge in [0.1, 0.15) is 10.8 Å². The van der Waals surface area contributed by atoms with E-state index in [1.54, 1.807) is 31.2 Å². The van der Waals surface area contributed by atoms with Crippen molar-refractivity contribution in [3.05, 3.63) is 45.8 Å². The number of anilines is 1. The highest BCUT2D eigenvalue weighted by Gasteiger charge is 2.33. The van der Waals surface area contributed by atoms with Crippen molar-refractivity contribution in [1.29, 1.82) is 0 Å². The summed E-state index contributed by atoms with van der Waals surface area (Å²) in [5.74, 6) is -0.685. The molecule has 0 saturated carbocycles. The number of hydrogen-bond acceptors (Lipinski definition) is 7. The SMILES string of the molecule is CCOC(=O)c1c(NC(=O)C2CC(c3ccccc3O)=NO2)sc2c1CCCC2. The largest absolute Gasteiger partial charge is 0.507 e. The molecule has 7 nitrogen and oxygen atoms in total. The number of para-hydroxylation sites is 1. The van der Waals surface area contributed by atoms with Crippen LogP contribution in [0.5, 0.6) is 5.75 Å². The Morgan fingerprint density at radius 2 is 2.10 bits per heavy atom. The number of phenols is 1. The lowest BCUT2D eigenvalue weighted by Crippen LogP contribution is -2.28. The van der Waals surface area contributed by atoms with E-state index in [0.717, 1.165) is 36.1 Å². The van der Waals surface area contributed by atoms with Gasteiger partial charge in [-0.3, -0.25) is 4.79 Å². The number of carbonyl (C=O) groups excluding carboxylic acids is 2. The van der Waals surface area contributed by atoms with Gasteiger partial charge in [0.2, 0.25) is 6.10 Å². The summed E-state index contributed by atoms with van der Waals surface area (Å²) >= 11 is 1.44. The highest BCUT2D eigenvalue weighted by molar-refractivity contribution is 7.17. The molecule has 1 unspecified atom stereocenters. The van der Waals surface area contributed by atoms with Gasteiger partial charge >= 0.3 is 5.97 Å². The maximum atomic E-state index is 12.8. The molecular formula is C21H22N2O5S. The topological polar surface area (TPSA) is 97.2 Å². The van der Waals surface area contributed by atoms with Crippen LogP contribution in [0.25, 0.3) is 0 Å². The second-order valence-corrected chi connectivity index (χ2v) is 8.08. The highest BCUT2D eigenvalue weighted by Crippen LogP contribution is 2.39. The maximum Gasteiger partial charge on any atom is 0.341 e. The highest BCUT2D eigenvalue weighted by atomic mass is 32.1. The number of carbonyl (C=O) groups is 2. The number of hydrogen-bond donors (Lipinski definition) is 2. The van der Waals surface area contributed by atoms with Crippen LogP contribution in [-0.4, -0.2) is 35.4 Å². The number of oxime groups is 1. The Bertz CT molecular complexity index is 981. The molecule has 2 aromatic rings. The van der Waals surface area contributed by atoms with Crippen LogP contribution in [0, 0.1) is 0 Å². The molecule has 0 saturated heterocycles.